The molecule has 0 saturated carbocycles. The molecule has 0 atom stereocenters. The smallest absolute Gasteiger partial charge is 0.229 e. The maximum Gasteiger partial charge on any atom is 0.229 e. The van der Waals surface area contributed by atoms with Crippen molar-refractivity contribution in [2.75, 3.05) is 11.0 Å². The number of hydrogen-bond donors (Lipinski definition) is 2. The maximum atomic E-state index is 11.1. The Labute approximate surface area is 90.0 Å². The van der Waals surface area contributed by atoms with Crippen LogP contribution in [-0.2, 0) is 10.0 Å². The summed E-state index contributed by atoms with van der Waals surface area (Å²) in [5, 5.41) is 9.28. The molecule has 0 saturated heterocycles. The van der Waals surface area contributed by atoms with E-state index in [1.807, 2.05) is 13.8 Å². The molecule has 0 amide bonds. The SMILES string of the molecule is CC(C)c1ccc(O)cc1NS(C)(=O)=O. The van der Waals surface area contributed by atoms with E-state index in [0.717, 1.165) is 11.8 Å². The fourth-order valence-electron chi connectivity index (χ4n) is 1.34. The summed E-state index contributed by atoms with van der Waals surface area (Å²) in [6.07, 6.45) is 1.08. The minimum absolute atomic E-state index is 0.0468. The van der Waals surface area contributed by atoms with Gasteiger partial charge in [-0.1, -0.05) is 19.9 Å². The van der Waals surface area contributed by atoms with Gasteiger partial charge < -0.3 is 5.11 Å². The second-order valence-corrected chi connectivity index (χ2v) is 5.55. The first-order chi connectivity index (χ1) is 6.79. The summed E-state index contributed by atoms with van der Waals surface area (Å²) in [5.41, 5.74) is 1.30. The number of phenolic OH excluding ortho intramolecular Hbond substituents is 1. The predicted octanol–water partition coefficient (Wildman–Crippen LogP) is 1.89. The zero-order valence-electron chi connectivity index (χ0n) is 8.98. The molecule has 0 fully saturated rings. The molecule has 0 aromatic heterocycles. The molecular formula is C10H15NO3S. The molecular weight excluding hydrogens is 214 g/mol. The van der Waals surface area contributed by atoms with Crippen LogP contribution in [0.25, 0.3) is 0 Å². The van der Waals surface area contributed by atoms with Crippen molar-refractivity contribution in [1.29, 1.82) is 0 Å². The minimum Gasteiger partial charge on any atom is -0.508 e. The summed E-state index contributed by atoms with van der Waals surface area (Å²) >= 11 is 0. The summed E-state index contributed by atoms with van der Waals surface area (Å²) in [6.45, 7) is 3.92. The largest absolute Gasteiger partial charge is 0.508 e. The quantitative estimate of drug-likeness (QED) is 0.831. The van der Waals surface area contributed by atoms with Crippen molar-refractivity contribution >= 4 is 15.7 Å². The van der Waals surface area contributed by atoms with Crippen LogP contribution < -0.4 is 4.72 Å². The predicted molar refractivity (Wildman–Crippen MR) is 60.7 cm³/mol. The lowest BCUT2D eigenvalue weighted by Crippen LogP contribution is -2.11. The highest BCUT2D eigenvalue weighted by Gasteiger charge is 2.10. The zero-order valence-corrected chi connectivity index (χ0v) is 9.80. The summed E-state index contributed by atoms with van der Waals surface area (Å²) < 4.78 is 24.6. The molecule has 0 bridgehead atoms. The molecule has 0 unspecified atom stereocenters. The average molecular weight is 229 g/mol. The van der Waals surface area contributed by atoms with E-state index in [1.54, 1.807) is 12.1 Å². The van der Waals surface area contributed by atoms with Crippen molar-refractivity contribution in [3.63, 3.8) is 0 Å². The van der Waals surface area contributed by atoms with Gasteiger partial charge in [-0.2, -0.15) is 0 Å². The highest BCUT2D eigenvalue weighted by atomic mass is 32.2. The van der Waals surface area contributed by atoms with Gasteiger partial charge in [0.05, 0.1) is 11.9 Å². The molecule has 84 valence electrons. The fraction of sp³-hybridized carbons (Fsp3) is 0.400. The van der Waals surface area contributed by atoms with Crippen LogP contribution in [-0.4, -0.2) is 19.8 Å². The molecule has 5 heteroatoms. The Morgan fingerprint density at radius 2 is 1.93 bits per heavy atom. The van der Waals surface area contributed by atoms with Crippen molar-refractivity contribution in [3.05, 3.63) is 23.8 Å². The Morgan fingerprint density at radius 3 is 2.40 bits per heavy atom. The standard InChI is InChI=1S/C10H15NO3S/c1-7(2)9-5-4-8(12)6-10(9)11-15(3,13)14/h4-7,11-12H,1-3H3. The number of anilines is 1. The van der Waals surface area contributed by atoms with E-state index < -0.39 is 10.0 Å². The molecule has 1 rings (SSSR count). The minimum atomic E-state index is -3.31. The molecule has 0 radical (unpaired) electrons. The van der Waals surface area contributed by atoms with Crippen molar-refractivity contribution in [2.24, 2.45) is 0 Å². The van der Waals surface area contributed by atoms with Gasteiger partial charge in [0.15, 0.2) is 0 Å². The zero-order chi connectivity index (χ0) is 11.6. The van der Waals surface area contributed by atoms with Crippen molar-refractivity contribution in [1.82, 2.24) is 0 Å². The molecule has 0 aliphatic carbocycles. The van der Waals surface area contributed by atoms with Gasteiger partial charge in [0.1, 0.15) is 5.75 Å². The second-order valence-electron chi connectivity index (χ2n) is 3.80. The van der Waals surface area contributed by atoms with Crippen LogP contribution in [0.4, 0.5) is 5.69 Å². The van der Waals surface area contributed by atoms with Crippen molar-refractivity contribution < 1.29 is 13.5 Å². The number of nitrogens with one attached hydrogen (secondary N) is 1. The number of phenols is 1. The molecule has 0 aliphatic heterocycles. The Hall–Kier alpha value is -1.23. The summed E-state index contributed by atoms with van der Waals surface area (Å²) in [7, 11) is -3.31. The Bertz CT molecular complexity index is 452. The van der Waals surface area contributed by atoms with Crippen LogP contribution in [0, 0.1) is 0 Å². The van der Waals surface area contributed by atoms with E-state index in [-0.39, 0.29) is 11.7 Å². The monoisotopic (exact) mass is 229 g/mol. The first kappa shape index (κ1) is 11.8. The first-order valence-corrected chi connectivity index (χ1v) is 6.49. The number of benzene rings is 1. The lowest BCUT2D eigenvalue weighted by Gasteiger charge is -2.13. The normalized spacial score (nSPS) is 11.7. The maximum absolute atomic E-state index is 11.1. The van der Waals surface area contributed by atoms with Crippen LogP contribution in [0.3, 0.4) is 0 Å². The van der Waals surface area contributed by atoms with Crippen molar-refractivity contribution in [2.45, 2.75) is 19.8 Å². The fourth-order valence-corrected chi connectivity index (χ4v) is 1.91. The van der Waals surface area contributed by atoms with Gasteiger partial charge in [0.25, 0.3) is 0 Å². The summed E-state index contributed by atoms with van der Waals surface area (Å²) in [5.74, 6) is 0.236. The highest BCUT2D eigenvalue weighted by Crippen LogP contribution is 2.28. The summed E-state index contributed by atoms with van der Waals surface area (Å²) in [4.78, 5) is 0. The van der Waals surface area contributed by atoms with E-state index in [1.165, 1.54) is 6.07 Å². The van der Waals surface area contributed by atoms with Gasteiger partial charge in [-0.3, -0.25) is 4.72 Å². The van der Waals surface area contributed by atoms with Crippen LogP contribution >= 0.6 is 0 Å². The van der Waals surface area contributed by atoms with Gasteiger partial charge in [0.2, 0.25) is 10.0 Å². The second kappa shape index (κ2) is 4.10. The van der Waals surface area contributed by atoms with Crippen LogP contribution in [0.15, 0.2) is 18.2 Å². The lowest BCUT2D eigenvalue weighted by molar-refractivity contribution is 0.475. The molecule has 1 aromatic rings. The van der Waals surface area contributed by atoms with E-state index in [0.29, 0.717) is 5.69 Å². The summed E-state index contributed by atoms with van der Waals surface area (Å²) in [6, 6.07) is 4.67. The van der Waals surface area contributed by atoms with E-state index >= 15 is 0 Å². The number of rotatable bonds is 3. The molecule has 1 aromatic carbocycles. The first-order valence-electron chi connectivity index (χ1n) is 4.60. The van der Waals surface area contributed by atoms with Crippen LogP contribution in [0.5, 0.6) is 5.75 Å². The van der Waals surface area contributed by atoms with E-state index in [2.05, 4.69) is 4.72 Å². The van der Waals surface area contributed by atoms with Crippen LogP contribution in [0.1, 0.15) is 25.3 Å². The van der Waals surface area contributed by atoms with Gasteiger partial charge >= 0.3 is 0 Å². The molecule has 0 spiro atoms. The third-order valence-electron chi connectivity index (χ3n) is 1.95. The third kappa shape index (κ3) is 3.43. The van der Waals surface area contributed by atoms with E-state index in [9.17, 15) is 13.5 Å². The molecule has 0 aliphatic rings. The lowest BCUT2D eigenvalue weighted by atomic mass is 10.0. The Balaban J connectivity index is 3.19. The topological polar surface area (TPSA) is 66.4 Å². The van der Waals surface area contributed by atoms with Gasteiger partial charge in [-0.15, -0.1) is 0 Å². The Kier molecular flexibility index (Phi) is 3.24. The number of aromatic hydroxyl groups is 1. The molecule has 15 heavy (non-hydrogen) atoms. The number of sulfonamides is 1. The van der Waals surface area contributed by atoms with Crippen molar-refractivity contribution in [3.8, 4) is 5.75 Å². The number of hydrogen-bond acceptors (Lipinski definition) is 3. The van der Waals surface area contributed by atoms with E-state index in [4.69, 9.17) is 0 Å². The average Bonchev–Trinajstić information content (AvgIpc) is 1.99. The van der Waals surface area contributed by atoms with Gasteiger partial charge in [-0.25, -0.2) is 8.42 Å². The van der Waals surface area contributed by atoms with Gasteiger partial charge in [-0.05, 0) is 17.5 Å². The Morgan fingerprint density at radius 1 is 1.33 bits per heavy atom. The van der Waals surface area contributed by atoms with Gasteiger partial charge in [0, 0.05) is 6.07 Å². The highest BCUT2D eigenvalue weighted by molar-refractivity contribution is 7.92. The molecule has 0 heterocycles. The van der Waals surface area contributed by atoms with Crippen LogP contribution in [0.2, 0.25) is 0 Å². The molecule has 4 nitrogen and oxygen atoms in total. The third-order valence-corrected chi connectivity index (χ3v) is 2.54. The molecule has 2 N–H and O–H groups in total.